The highest BCUT2D eigenvalue weighted by atomic mass is 19.1. The molecule has 0 aliphatic heterocycles. The van der Waals surface area contributed by atoms with Gasteiger partial charge in [0.05, 0.1) is 19.0 Å². The molecule has 2 aromatic rings. The molecule has 0 unspecified atom stereocenters. The molecule has 0 atom stereocenters. The fraction of sp³-hybridized carbons (Fsp3) is 0.0714. The molecule has 0 bridgehead atoms. The number of nitrogens with zero attached hydrogens (tertiary/aromatic N) is 1. The highest BCUT2D eigenvalue weighted by molar-refractivity contribution is 5.94. The molecule has 1 aromatic heterocycles. The number of hydrogen-bond donors (Lipinski definition) is 2. The number of carbonyl (C=O) groups is 2. The standard InChI is InChI=1S/C14H12FN3O3/c15-11-5-3-10(4-6-11)8-17-18-13(19)9-16-14(20)12-2-1-7-21-12/h1-8H,9H2,(H,16,20)(H,18,19). The van der Waals surface area contributed by atoms with Gasteiger partial charge in [0.2, 0.25) is 0 Å². The van der Waals surface area contributed by atoms with E-state index < -0.39 is 11.8 Å². The van der Waals surface area contributed by atoms with Crippen molar-refractivity contribution in [2.45, 2.75) is 0 Å². The molecule has 0 saturated carbocycles. The number of nitrogens with one attached hydrogen (secondary N) is 2. The lowest BCUT2D eigenvalue weighted by Crippen LogP contribution is -2.34. The molecule has 0 saturated heterocycles. The van der Waals surface area contributed by atoms with Gasteiger partial charge >= 0.3 is 0 Å². The lowest BCUT2D eigenvalue weighted by molar-refractivity contribution is -0.120. The van der Waals surface area contributed by atoms with Crippen molar-refractivity contribution in [2.24, 2.45) is 5.10 Å². The van der Waals surface area contributed by atoms with Crippen LogP contribution in [0.4, 0.5) is 4.39 Å². The summed E-state index contributed by atoms with van der Waals surface area (Å²) in [7, 11) is 0. The van der Waals surface area contributed by atoms with Crippen molar-refractivity contribution in [3.8, 4) is 0 Å². The minimum atomic E-state index is -0.492. The van der Waals surface area contributed by atoms with Gasteiger partial charge in [0, 0.05) is 0 Å². The van der Waals surface area contributed by atoms with Crippen LogP contribution in [0.5, 0.6) is 0 Å². The lowest BCUT2D eigenvalue weighted by Gasteiger charge is -2.01. The molecule has 2 amide bonds. The molecule has 108 valence electrons. The first kappa shape index (κ1) is 14.4. The maximum atomic E-state index is 12.7. The molecule has 0 aliphatic rings. The van der Waals surface area contributed by atoms with Crippen LogP contribution < -0.4 is 10.7 Å². The van der Waals surface area contributed by atoms with E-state index in [0.717, 1.165) is 0 Å². The van der Waals surface area contributed by atoms with Gasteiger partial charge in [0.25, 0.3) is 11.8 Å². The van der Waals surface area contributed by atoms with E-state index >= 15 is 0 Å². The van der Waals surface area contributed by atoms with Crippen molar-refractivity contribution in [1.82, 2.24) is 10.7 Å². The number of amides is 2. The Bertz CT molecular complexity index is 636. The van der Waals surface area contributed by atoms with Gasteiger partial charge in [0.1, 0.15) is 5.82 Å². The largest absolute Gasteiger partial charge is 0.459 e. The fourth-order valence-corrected chi connectivity index (χ4v) is 1.42. The van der Waals surface area contributed by atoms with Crippen LogP contribution in [-0.4, -0.2) is 24.6 Å². The third kappa shape index (κ3) is 4.57. The van der Waals surface area contributed by atoms with Gasteiger partial charge in [0.15, 0.2) is 5.76 Å². The van der Waals surface area contributed by atoms with Crippen LogP contribution in [0, 0.1) is 5.82 Å². The molecule has 21 heavy (non-hydrogen) atoms. The zero-order valence-electron chi connectivity index (χ0n) is 10.9. The van der Waals surface area contributed by atoms with Gasteiger partial charge < -0.3 is 9.73 Å². The van der Waals surface area contributed by atoms with Crippen LogP contribution in [0.2, 0.25) is 0 Å². The van der Waals surface area contributed by atoms with Gasteiger partial charge in [-0.05, 0) is 29.8 Å². The molecule has 7 heteroatoms. The summed E-state index contributed by atoms with van der Waals surface area (Å²) in [4.78, 5) is 22.9. The molecule has 0 spiro atoms. The predicted octanol–water partition coefficient (Wildman–Crippen LogP) is 1.30. The summed E-state index contributed by atoms with van der Waals surface area (Å²) >= 11 is 0. The SMILES string of the molecule is O=C(CNC(=O)c1ccco1)NN=Cc1ccc(F)cc1. The summed E-state index contributed by atoms with van der Waals surface area (Å²) < 4.78 is 17.5. The highest BCUT2D eigenvalue weighted by Crippen LogP contribution is 1.99. The average molecular weight is 289 g/mol. The molecular formula is C14H12FN3O3. The molecule has 1 heterocycles. The summed E-state index contributed by atoms with van der Waals surface area (Å²) in [5.74, 6) is -1.21. The topological polar surface area (TPSA) is 83.7 Å². The van der Waals surface area contributed by atoms with E-state index in [1.54, 1.807) is 6.07 Å². The van der Waals surface area contributed by atoms with E-state index in [2.05, 4.69) is 15.8 Å². The molecule has 2 N–H and O–H groups in total. The quantitative estimate of drug-likeness (QED) is 0.643. The zero-order valence-corrected chi connectivity index (χ0v) is 10.9. The third-order valence-corrected chi connectivity index (χ3v) is 2.43. The van der Waals surface area contributed by atoms with Crippen molar-refractivity contribution < 1.29 is 18.4 Å². The van der Waals surface area contributed by atoms with E-state index in [9.17, 15) is 14.0 Å². The van der Waals surface area contributed by atoms with Crippen molar-refractivity contribution in [1.29, 1.82) is 0 Å². The second kappa shape index (κ2) is 6.99. The Balaban J connectivity index is 1.74. The normalized spacial score (nSPS) is 10.5. The van der Waals surface area contributed by atoms with Crippen molar-refractivity contribution in [3.63, 3.8) is 0 Å². The Morgan fingerprint density at radius 2 is 2.00 bits per heavy atom. The first-order valence-electron chi connectivity index (χ1n) is 6.04. The second-order valence-corrected chi connectivity index (χ2v) is 4.00. The minimum Gasteiger partial charge on any atom is -0.459 e. The zero-order chi connectivity index (χ0) is 15.1. The van der Waals surface area contributed by atoms with Crippen LogP contribution >= 0.6 is 0 Å². The van der Waals surface area contributed by atoms with E-state index in [0.29, 0.717) is 5.56 Å². The number of hydrazone groups is 1. The Morgan fingerprint density at radius 1 is 1.24 bits per heavy atom. The maximum Gasteiger partial charge on any atom is 0.287 e. The Kier molecular flexibility index (Phi) is 4.81. The summed E-state index contributed by atoms with van der Waals surface area (Å²) in [5.41, 5.74) is 2.87. The molecule has 0 aliphatic carbocycles. The van der Waals surface area contributed by atoms with E-state index in [1.807, 2.05) is 0 Å². The Morgan fingerprint density at radius 3 is 2.67 bits per heavy atom. The molecule has 6 nitrogen and oxygen atoms in total. The maximum absolute atomic E-state index is 12.7. The van der Waals surface area contributed by atoms with Gasteiger partial charge in [-0.25, -0.2) is 9.82 Å². The summed E-state index contributed by atoms with van der Waals surface area (Å²) in [5, 5.41) is 6.06. The second-order valence-electron chi connectivity index (χ2n) is 4.00. The van der Waals surface area contributed by atoms with Crippen molar-refractivity contribution in [3.05, 3.63) is 59.8 Å². The number of benzene rings is 1. The molecule has 0 fully saturated rings. The van der Waals surface area contributed by atoms with Crippen molar-refractivity contribution in [2.75, 3.05) is 6.54 Å². The third-order valence-electron chi connectivity index (χ3n) is 2.43. The first-order valence-corrected chi connectivity index (χ1v) is 6.04. The number of hydrogen-bond acceptors (Lipinski definition) is 4. The van der Waals surface area contributed by atoms with Gasteiger partial charge in [-0.2, -0.15) is 5.10 Å². The summed E-state index contributed by atoms with van der Waals surface area (Å²) in [6.45, 7) is -0.236. The minimum absolute atomic E-state index is 0.123. The van der Waals surface area contributed by atoms with E-state index in [1.165, 1.54) is 42.8 Å². The van der Waals surface area contributed by atoms with Crippen LogP contribution in [0.25, 0.3) is 0 Å². The molecule has 2 rings (SSSR count). The van der Waals surface area contributed by atoms with Gasteiger partial charge in [-0.1, -0.05) is 12.1 Å². The van der Waals surface area contributed by atoms with Gasteiger partial charge in [-0.3, -0.25) is 9.59 Å². The molecule has 0 radical (unpaired) electrons. The number of halogens is 1. The Hall–Kier alpha value is -2.96. The van der Waals surface area contributed by atoms with Crippen LogP contribution in [0.3, 0.4) is 0 Å². The summed E-state index contributed by atoms with van der Waals surface area (Å²) in [6.07, 6.45) is 2.73. The number of carbonyl (C=O) groups excluding carboxylic acids is 2. The predicted molar refractivity (Wildman–Crippen MR) is 73.2 cm³/mol. The van der Waals surface area contributed by atoms with Gasteiger partial charge in [-0.15, -0.1) is 0 Å². The van der Waals surface area contributed by atoms with Crippen LogP contribution in [-0.2, 0) is 4.79 Å². The monoisotopic (exact) mass is 289 g/mol. The number of rotatable bonds is 5. The smallest absolute Gasteiger partial charge is 0.287 e. The molecule has 1 aromatic carbocycles. The summed E-state index contributed by atoms with van der Waals surface area (Å²) in [6, 6.07) is 8.66. The van der Waals surface area contributed by atoms with Crippen LogP contribution in [0.15, 0.2) is 52.2 Å². The van der Waals surface area contributed by atoms with E-state index in [4.69, 9.17) is 4.42 Å². The Labute approximate surface area is 119 Å². The fourth-order valence-electron chi connectivity index (χ4n) is 1.42. The molecular weight excluding hydrogens is 277 g/mol. The lowest BCUT2D eigenvalue weighted by atomic mass is 10.2. The van der Waals surface area contributed by atoms with E-state index in [-0.39, 0.29) is 18.1 Å². The first-order chi connectivity index (χ1) is 10.1. The average Bonchev–Trinajstić information content (AvgIpc) is 3.01. The number of furan rings is 1. The van der Waals surface area contributed by atoms with Crippen molar-refractivity contribution >= 4 is 18.0 Å². The highest BCUT2D eigenvalue weighted by Gasteiger charge is 2.09. The van der Waals surface area contributed by atoms with Crippen LogP contribution in [0.1, 0.15) is 16.1 Å².